The van der Waals surface area contributed by atoms with Gasteiger partial charge in [0.1, 0.15) is 12.0 Å². The molecule has 0 saturated heterocycles. The van der Waals surface area contributed by atoms with E-state index in [9.17, 15) is 14.9 Å². The second kappa shape index (κ2) is 9.02. The summed E-state index contributed by atoms with van der Waals surface area (Å²) in [4.78, 5) is 22.5. The molecule has 1 aromatic carbocycles. The van der Waals surface area contributed by atoms with Crippen LogP contribution < -0.4 is 5.32 Å². The highest BCUT2D eigenvalue weighted by Crippen LogP contribution is 2.24. The number of para-hydroxylation sites is 2. The van der Waals surface area contributed by atoms with E-state index in [4.69, 9.17) is 0 Å². The number of hydrogen-bond acceptors (Lipinski definition) is 6. The van der Waals surface area contributed by atoms with Crippen molar-refractivity contribution in [2.45, 2.75) is 37.9 Å². The van der Waals surface area contributed by atoms with E-state index >= 15 is 0 Å². The maximum atomic E-state index is 12.0. The number of rotatable bonds is 9. The van der Waals surface area contributed by atoms with Crippen LogP contribution in [0.5, 0.6) is 0 Å². The number of anilines is 1. The first-order valence-corrected chi connectivity index (χ1v) is 8.64. The van der Waals surface area contributed by atoms with Gasteiger partial charge in [0.2, 0.25) is 5.91 Å². The largest absolute Gasteiger partial charge is 0.320 e. The van der Waals surface area contributed by atoms with Crippen LogP contribution in [0.1, 0.15) is 26.2 Å². The van der Waals surface area contributed by atoms with Gasteiger partial charge in [0.05, 0.1) is 10.7 Å². The molecule has 0 spiro atoms. The summed E-state index contributed by atoms with van der Waals surface area (Å²) >= 11 is 1.26. The van der Waals surface area contributed by atoms with Gasteiger partial charge in [0.25, 0.3) is 5.69 Å². The smallest absolute Gasteiger partial charge is 0.292 e. The van der Waals surface area contributed by atoms with Gasteiger partial charge in [0, 0.05) is 12.6 Å². The molecule has 2 aromatic rings. The Labute approximate surface area is 143 Å². The Morgan fingerprint density at radius 3 is 2.92 bits per heavy atom. The van der Waals surface area contributed by atoms with Crippen molar-refractivity contribution in [2.24, 2.45) is 0 Å². The van der Waals surface area contributed by atoms with Gasteiger partial charge in [-0.25, -0.2) is 0 Å². The van der Waals surface area contributed by atoms with Crippen molar-refractivity contribution in [3.63, 3.8) is 0 Å². The monoisotopic (exact) mass is 349 g/mol. The number of aryl methyl sites for hydroxylation is 1. The zero-order valence-corrected chi connectivity index (χ0v) is 14.2. The molecule has 1 amide bonds. The molecule has 128 valence electrons. The van der Waals surface area contributed by atoms with Crippen molar-refractivity contribution in [1.82, 2.24) is 14.8 Å². The number of aromatic nitrogens is 3. The lowest BCUT2D eigenvalue weighted by atomic mass is 10.2. The summed E-state index contributed by atoms with van der Waals surface area (Å²) in [5.74, 6) is -0.212. The predicted octanol–water partition coefficient (Wildman–Crippen LogP) is 3.11. The molecule has 8 nitrogen and oxygen atoms in total. The third kappa shape index (κ3) is 5.05. The summed E-state index contributed by atoms with van der Waals surface area (Å²) in [6.45, 7) is 2.95. The molecule has 24 heavy (non-hydrogen) atoms. The van der Waals surface area contributed by atoms with Crippen molar-refractivity contribution >= 4 is 29.0 Å². The van der Waals surface area contributed by atoms with Gasteiger partial charge in [-0.05, 0) is 12.5 Å². The normalized spacial score (nSPS) is 10.5. The standard InChI is InChI=1S/C15H19N5O3S/c1-2-3-6-9-19-11-16-18-15(19)24-10-14(21)17-12-7-4-5-8-13(12)20(22)23/h4-5,7-8,11H,2-3,6,9-10H2,1H3,(H,17,21). The summed E-state index contributed by atoms with van der Waals surface area (Å²) < 4.78 is 1.92. The highest BCUT2D eigenvalue weighted by molar-refractivity contribution is 7.99. The Morgan fingerprint density at radius 1 is 1.38 bits per heavy atom. The Hall–Kier alpha value is -2.42. The molecule has 0 unspecified atom stereocenters. The first-order valence-electron chi connectivity index (χ1n) is 7.65. The van der Waals surface area contributed by atoms with Gasteiger partial charge >= 0.3 is 0 Å². The fourth-order valence-electron chi connectivity index (χ4n) is 2.10. The number of amides is 1. The number of carbonyl (C=O) groups is 1. The molecular formula is C15H19N5O3S. The molecule has 0 aliphatic heterocycles. The summed E-state index contributed by atoms with van der Waals surface area (Å²) in [6.07, 6.45) is 4.94. The van der Waals surface area contributed by atoms with Gasteiger partial charge in [-0.1, -0.05) is 43.7 Å². The molecule has 0 atom stereocenters. The van der Waals surface area contributed by atoms with Crippen LogP contribution in [0.25, 0.3) is 0 Å². The number of hydrogen-bond donors (Lipinski definition) is 1. The topological polar surface area (TPSA) is 103 Å². The van der Waals surface area contributed by atoms with Crippen molar-refractivity contribution in [1.29, 1.82) is 0 Å². The Bertz CT molecular complexity index is 704. The maximum Gasteiger partial charge on any atom is 0.292 e. The molecule has 2 rings (SSSR count). The minimum absolute atomic E-state index is 0.110. The van der Waals surface area contributed by atoms with Crippen molar-refractivity contribution in [3.8, 4) is 0 Å². The van der Waals surface area contributed by atoms with Crippen LogP contribution in [0.4, 0.5) is 11.4 Å². The van der Waals surface area contributed by atoms with E-state index in [1.807, 2.05) is 4.57 Å². The average Bonchev–Trinajstić information content (AvgIpc) is 3.01. The lowest BCUT2D eigenvalue weighted by molar-refractivity contribution is -0.383. The lowest BCUT2D eigenvalue weighted by Crippen LogP contribution is -2.15. The van der Waals surface area contributed by atoms with Gasteiger partial charge in [-0.2, -0.15) is 0 Å². The lowest BCUT2D eigenvalue weighted by Gasteiger charge is -2.07. The van der Waals surface area contributed by atoms with Crippen LogP contribution in [0.3, 0.4) is 0 Å². The maximum absolute atomic E-state index is 12.0. The molecule has 0 aliphatic rings. The van der Waals surface area contributed by atoms with E-state index in [0.29, 0.717) is 5.16 Å². The van der Waals surface area contributed by atoms with Crippen LogP contribution in [-0.2, 0) is 11.3 Å². The Morgan fingerprint density at radius 2 is 2.17 bits per heavy atom. The van der Waals surface area contributed by atoms with Crippen LogP contribution in [0, 0.1) is 10.1 Å². The molecular weight excluding hydrogens is 330 g/mol. The van der Waals surface area contributed by atoms with E-state index in [-0.39, 0.29) is 23.0 Å². The molecule has 0 saturated carbocycles. The Balaban J connectivity index is 1.90. The third-order valence-electron chi connectivity index (χ3n) is 3.29. The number of nitrogens with zero attached hydrogens (tertiary/aromatic N) is 4. The quantitative estimate of drug-likeness (QED) is 0.323. The van der Waals surface area contributed by atoms with Gasteiger partial charge in [0.15, 0.2) is 5.16 Å². The minimum Gasteiger partial charge on any atom is -0.320 e. The zero-order valence-electron chi connectivity index (χ0n) is 13.3. The number of unbranched alkanes of at least 4 members (excludes halogenated alkanes) is 2. The van der Waals surface area contributed by atoms with Crippen molar-refractivity contribution in [2.75, 3.05) is 11.1 Å². The first kappa shape index (κ1) is 17.9. The number of thioether (sulfide) groups is 1. The summed E-state index contributed by atoms with van der Waals surface area (Å²) in [6, 6.07) is 6.06. The fraction of sp³-hybridized carbons (Fsp3) is 0.400. The number of nitrogens with one attached hydrogen (secondary N) is 1. The van der Waals surface area contributed by atoms with E-state index in [2.05, 4.69) is 22.4 Å². The molecule has 1 N–H and O–H groups in total. The highest BCUT2D eigenvalue weighted by Gasteiger charge is 2.15. The first-order chi connectivity index (χ1) is 11.6. The predicted molar refractivity (Wildman–Crippen MR) is 92.0 cm³/mol. The Kier molecular flexibility index (Phi) is 6.74. The molecule has 0 fully saturated rings. The number of benzene rings is 1. The SMILES string of the molecule is CCCCCn1cnnc1SCC(=O)Nc1ccccc1[N+](=O)[O-]. The summed E-state index contributed by atoms with van der Waals surface area (Å²) in [5.41, 5.74) is 0.0658. The van der Waals surface area contributed by atoms with E-state index in [0.717, 1.165) is 25.8 Å². The third-order valence-corrected chi connectivity index (χ3v) is 4.27. The fourth-order valence-corrected chi connectivity index (χ4v) is 2.84. The number of nitro groups is 1. The van der Waals surface area contributed by atoms with Crippen molar-refractivity contribution in [3.05, 3.63) is 40.7 Å². The second-order valence-electron chi connectivity index (χ2n) is 5.13. The van der Waals surface area contributed by atoms with Crippen LogP contribution in [0.15, 0.2) is 35.7 Å². The second-order valence-corrected chi connectivity index (χ2v) is 6.07. The zero-order chi connectivity index (χ0) is 17.4. The molecule has 0 radical (unpaired) electrons. The minimum atomic E-state index is -0.521. The molecule has 9 heteroatoms. The molecule has 1 aromatic heterocycles. The highest BCUT2D eigenvalue weighted by atomic mass is 32.2. The summed E-state index contributed by atoms with van der Waals surface area (Å²) in [7, 11) is 0. The molecule has 1 heterocycles. The van der Waals surface area contributed by atoms with E-state index < -0.39 is 4.92 Å². The van der Waals surface area contributed by atoms with E-state index in [1.165, 1.54) is 23.9 Å². The number of nitro benzene ring substituents is 1. The molecule has 0 bridgehead atoms. The number of carbonyl (C=O) groups excluding carboxylic acids is 1. The molecule has 0 aliphatic carbocycles. The van der Waals surface area contributed by atoms with Gasteiger partial charge in [-0.3, -0.25) is 14.9 Å². The van der Waals surface area contributed by atoms with Gasteiger partial charge in [-0.15, -0.1) is 10.2 Å². The van der Waals surface area contributed by atoms with Crippen LogP contribution in [0.2, 0.25) is 0 Å². The van der Waals surface area contributed by atoms with Gasteiger partial charge < -0.3 is 9.88 Å². The van der Waals surface area contributed by atoms with E-state index in [1.54, 1.807) is 18.5 Å². The van der Waals surface area contributed by atoms with Crippen molar-refractivity contribution < 1.29 is 9.72 Å². The van der Waals surface area contributed by atoms with Crippen LogP contribution in [-0.4, -0.2) is 31.3 Å². The average molecular weight is 349 g/mol. The summed E-state index contributed by atoms with van der Waals surface area (Å²) in [5, 5.41) is 22.1. The van der Waals surface area contributed by atoms with Crippen LogP contribution >= 0.6 is 11.8 Å².